The van der Waals surface area contributed by atoms with Gasteiger partial charge in [-0.2, -0.15) is 0 Å². The van der Waals surface area contributed by atoms with E-state index in [-0.39, 0.29) is 51.7 Å². The normalized spacial score (nSPS) is 10.1. The first-order valence-corrected chi connectivity index (χ1v) is 5.95. The maximum atomic E-state index is 11.9. The molecule has 0 spiro atoms. The second-order valence-corrected chi connectivity index (χ2v) is 3.98. The highest BCUT2D eigenvalue weighted by molar-refractivity contribution is 5.84. The summed E-state index contributed by atoms with van der Waals surface area (Å²) in [6.07, 6.45) is -0.00812. The van der Waals surface area contributed by atoms with Crippen molar-refractivity contribution in [3.8, 4) is 0 Å². The first kappa shape index (κ1) is 17.3. The zero-order valence-electron chi connectivity index (χ0n) is 11.0. The van der Waals surface area contributed by atoms with Crippen LogP contribution in [0.4, 0.5) is 0 Å². The molecule has 0 bridgehead atoms. The number of carbonyl (C=O) groups excluding carboxylic acids is 3. The van der Waals surface area contributed by atoms with Crippen LogP contribution in [0.15, 0.2) is 0 Å². The van der Waals surface area contributed by atoms with Crippen molar-refractivity contribution in [3.05, 3.63) is 0 Å². The van der Waals surface area contributed by atoms with Crippen LogP contribution in [0, 0.1) is 0 Å². The molecule has 0 aliphatic heterocycles. The summed E-state index contributed by atoms with van der Waals surface area (Å²) in [6, 6.07) is 0. The van der Waals surface area contributed by atoms with Crippen molar-refractivity contribution in [1.29, 1.82) is 0 Å². The van der Waals surface area contributed by atoms with E-state index in [9.17, 15) is 14.4 Å². The molecule has 110 valence electrons. The van der Waals surface area contributed by atoms with Gasteiger partial charge in [0.1, 0.15) is 0 Å². The van der Waals surface area contributed by atoms with Crippen LogP contribution in [0.3, 0.4) is 0 Å². The monoisotopic (exact) mass is 275 g/mol. The first-order chi connectivity index (χ1) is 8.92. The van der Waals surface area contributed by atoms with Crippen LogP contribution >= 0.6 is 0 Å². The Hall–Kier alpha value is -1.67. The SMILES string of the molecule is CC(=O)N(CCO)CC(=O)N(CCO)CCC(N)=O. The van der Waals surface area contributed by atoms with E-state index < -0.39 is 11.8 Å². The topological polar surface area (TPSA) is 124 Å². The average Bonchev–Trinajstić information content (AvgIpc) is 2.33. The summed E-state index contributed by atoms with van der Waals surface area (Å²) in [4.78, 5) is 36.3. The Morgan fingerprint density at radius 1 is 1.00 bits per heavy atom. The number of aliphatic hydroxyl groups excluding tert-OH is 2. The number of carbonyl (C=O) groups is 3. The van der Waals surface area contributed by atoms with Gasteiger partial charge < -0.3 is 25.7 Å². The van der Waals surface area contributed by atoms with Crippen molar-refractivity contribution in [2.45, 2.75) is 13.3 Å². The van der Waals surface area contributed by atoms with Gasteiger partial charge in [-0.3, -0.25) is 14.4 Å². The Labute approximate surface area is 111 Å². The zero-order chi connectivity index (χ0) is 14.8. The molecule has 8 heteroatoms. The molecule has 0 aromatic heterocycles. The summed E-state index contributed by atoms with van der Waals surface area (Å²) in [5.74, 6) is -1.28. The Kier molecular flexibility index (Phi) is 8.47. The Balaban J connectivity index is 4.51. The van der Waals surface area contributed by atoms with E-state index in [2.05, 4.69) is 0 Å². The molecule has 19 heavy (non-hydrogen) atoms. The number of amides is 3. The zero-order valence-corrected chi connectivity index (χ0v) is 11.0. The summed E-state index contributed by atoms with van der Waals surface area (Å²) in [7, 11) is 0. The molecule has 0 heterocycles. The Morgan fingerprint density at radius 2 is 1.53 bits per heavy atom. The molecule has 0 atom stereocenters. The maximum Gasteiger partial charge on any atom is 0.242 e. The lowest BCUT2D eigenvalue weighted by molar-refractivity contribution is -0.140. The third kappa shape index (κ3) is 7.37. The van der Waals surface area contributed by atoms with Gasteiger partial charge in [0.05, 0.1) is 19.8 Å². The highest BCUT2D eigenvalue weighted by Gasteiger charge is 2.18. The molecule has 0 rings (SSSR count). The number of hydrogen-bond donors (Lipinski definition) is 3. The molecule has 0 radical (unpaired) electrons. The van der Waals surface area contributed by atoms with E-state index in [1.165, 1.54) is 16.7 Å². The average molecular weight is 275 g/mol. The molecule has 4 N–H and O–H groups in total. The van der Waals surface area contributed by atoms with Crippen LogP contribution in [-0.4, -0.2) is 77.1 Å². The fourth-order valence-electron chi connectivity index (χ4n) is 1.46. The lowest BCUT2D eigenvalue weighted by Crippen LogP contribution is -2.45. The van der Waals surface area contributed by atoms with Gasteiger partial charge >= 0.3 is 0 Å². The second kappa shape index (κ2) is 9.29. The molecule has 3 amide bonds. The number of nitrogens with zero attached hydrogens (tertiary/aromatic N) is 2. The summed E-state index contributed by atoms with van der Waals surface area (Å²) >= 11 is 0. The van der Waals surface area contributed by atoms with Crippen LogP contribution in [0.25, 0.3) is 0 Å². The number of primary amides is 1. The van der Waals surface area contributed by atoms with Crippen LogP contribution < -0.4 is 5.73 Å². The minimum Gasteiger partial charge on any atom is -0.395 e. The minimum absolute atomic E-state index is 0.00812. The van der Waals surface area contributed by atoms with Crippen LogP contribution in [-0.2, 0) is 14.4 Å². The lowest BCUT2D eigenvalue weighted by atomic mass is 10.3. The third-order valence-corrected chi connectivity index (χ3v) is 2.49. The van der Waals surface area contributed by atoms with E-state index in [1.54, 1.807) is 0 Å². The van der Waals surface area contributed by atoms with Crippen LogP contribution in [0.1, 0.15) is 13.3 Å². The largest absolute Gasteiger partial charge is 0.395 e. The number of hydrogen-bond acceptors (Lipinski definition) is 5. The lowest BCUT2D eigenvalue weighted by Gasteiger charge is -2.25. The molecule has 0 aliphatic carbocycles. The minimum atomic E-state index is -0.547. The summed E-state index contributed by atoms with van der Waals surface area (Å²) in [6.45, 7) is 0.830. The standard InChI is InChI=1S/C11H21N3O5/c1-9(17)14(5-7-16)8-11(19)13(4-6-15)3-2-10(12)18/h15-16H,2-8H2,1H3,(H2,12,18). The molecule has 0 fully saturated rings. The fraction of sp³-hybridized carbons (Fsp3) is 0.727. The number of rotatable bonds is 9. The van der Waals surface area contributed by atoms with E-state index in [4.69, 9.17) is 15.9 Å². The fourth-order valence-corrected chi connectivity index (χ4v) is 1.46. The molecule has 0 aromatic rings. The van der Waals surface area contributed by atoms with E-state index in [0.29, 0.717) is 0 Å². The number of aliphatic hydroxyl groups is 2. The van der Waals surface area contributed by atoms with Crippen LogP contribution in [0.5, 0.6) is 0 Å². The highest BCUT2D eigenvalue weighted by atomic mass is 16.3. The van der Waals surface area contributed by atoms with Crippen molar-refractivity contribution >= 4 is 17.7 Å². The molecular formula is C11H21N3O5. The van der Waals surface area contributed by atoms with E-state index in [0.717, 1.165) is 0 Å². The molecule has 0 aliphatic rings. The van der Waals surface area contributed by atoms with Crippen molar-refractivity contribution < 1.29 is 24.6 Å². The summed E-state index contributed by atoms with van der Waals surface area (Å²) in [5, 5.41) is 17.7. The molecule has 8 nitrogen and oxygen atoms in total. The van der Waals surface area contributed by atoms with Crippen molar-refractivity contribution in [3.63, 3.8) is 0 Å². The molecular weight excluding hydrogens is 254 g/mol. The van der Waals surface area contributed by atoms with Crippen molar-refractivity contribution in [2.75, 3.05) is 39.4 Å². The van der Waals surface area contributed by atoms with Gasteiger partial charge in [-0.25, -0.2) is 0 Å². The molecule has 0 aromatic carbocycles. The predicted octanol–water partition coefficient (Wildman–Crippen LogP) is -2.48. The Bertz CT molecular complexity index is 321. The van der Waals surface area contributed by atoms with Gasteiger partial charge in [0.15, 0.2) is 0 Å². The Morgan fingerprint density at radius 3 is 1.95 bits per heavy atom. The first-order valence-electron chi connectivity index (χ1n) is 5.95. The van der Waals surface area contributed by atoms with Crippen molar-refractivity contribution in [1.82, 2.24) is 9.80 Å². The predicted molar refractivity (Wildman–Crippen MR) is 66.8 cm³/mol. The van der Waals surface area contributed by atoms with Crippen molar-refractivity contribution in [2.24, 2.45) is 5.73 Å². The van der Waals surface area contributed by atoms with Gasteiger partial charge in [-0.1, -0.05) is 0 Å². The van der Waals surface area contributed by atoms with Gasteiger partial charge in [-0.15, -0.1) is 0 Å². The maximum absolute atomic E-state index is 11.9. The second-order valence-electron chi connectivity index (χ2n) is 3.98. The summed E-state index contributed by atoms with van der Waals surface area (Å²) < 4.78 is 0. The highest BCUT2D eigenvalue weighted by Crippen LogP contribution is 1.97. The van der Waals surface area contributed by atoms with E-state index >= 15 is 0 Å². The molecule has 0 saturated heterocycles. The molecule has 0 saturated carbocycles. The quantitative estimate of drug-likeness (QED) is 0.430. The summed E-state index contributed by atoms with van der Waals surface area (Å²) in [5.41, 5.74) is 5.00. The van der Waals surface area contributed by atoms with E-state index in [1.807, 2.05) is 0 Å². The molecule has 0 unspecified atom stereocenters. The number of nitrogens with two attached hydrogens (primary N) is 1. The third-order valence-electron chi connectivity index (χ3n) is 2.49. The smallest absolute Gasteiger partial charge is 0.242 e. The van der Waals surface area contributed by atoms with Gasteiger partial charge in [0, 0.05) is 33.0 Å². The van der Waals surface area contributed by atoms with Gasteiger partial charge in [-0.05, 0) is 0 Å². The van der Waals surface area contributed by atoms with Gasteiger partial charge in [0.25, 0.3) is 0 Å². The van der Waals surface area contributed by atoms with Gasteiger partial charge in [0.2, 0.25) is 17.7 Å². The van der Waals surface area contributed by atoms with Crippen LogP contribution in [0.2, 0.25) is 0 Å².